The van der Waals surface area contributed by atoms with Crippen molar-refractivity contribution < 1.29 is 4.79 Å². The maximum Gasteiger partial charge on any atom is 0.151 e. The van der Waals surface area contributed by atoms with Crippen LogP contribution >= 0.6 is 0 Å². The lowest BCUT2D eigenvalue weighted by Crippen LogP contribution is -2.28. The standard InChI is InChI=1S/C7H13NO/c1-3-6-7(9)4-5-8(6)2/h6H,3-5H2,1-2H3. The van der Waals surface area contributed by atoms with Gasteiger partial charge in [0.25, 0.3) is 0 Å². The number of carbonyl (C=O) groups excluding carboxylic acids is 1. The van der Waals surface area contributed by atoms with Gasteiger partial charge in [0.15, 0.2) is 5.78 Å². The van der Waals surface area contributed by atoms with Crippen LogP contribution in [0.2, 0.25) is 0 Å². The van der Waals surface area contributed by atoms with Crippen LogP contribution in [-0.2, 0) is 4.79 Å². The molecule has 1 rings (SSSR count). The minimum absolute atomic E-state index is 0.227. The van der Waals surface area contributed by atoms with Gasteiger partial charge in [-0.1, -0.05) is 6.92 Å². The average Bonchev–Trinajstić information content (AvgIpc) is 2.12. The zero-order valence-electron chi connectivity index (χ0n) is 6.05. The van der Waals surface area contributed by atoms with E-state index in [1.165, 1.54) is 0 Å². The highest BCUT2D eigenvalue weighted by Gasteiger charge is 2.26. The highest BCUT2D eigenvalue weighted by atomic mass is 16.1. The van der Waals surface area contributed by atoms with Crippen LogP contribution in [0.5, 0.6) is 0 Å². The second-order valence-corrected chi connectivity index (χ2v) is 2.62. The van der Waals surface area contributed by atoms with Gasteiger partial charge in [-0.05, 0) is 13.5 Å². The van der Waals surface area contributed by atoms with Crippen molar-refractivity contribution in [1.82, 2.24) is 4.90 Å². The van der Waals surface area contributed by atoms with Crippen LogP contribution in [0.1, 0.15) is 19.8 Å². The third kappa shape index (κ3) is 1.13. The van der Waals surface area contributed by atoms with E-state index in [1.54, 1.807) is 0 Å². The third-order valence-corrected chi connectivity index (χ3v) is 2.00. The number of rotatable bonds is 1. The van der Waals surface area contributed by atoms with E-state index in [-0.39, 0.29) is 6.04 Å². The van der Waals surface area contributed by atoms with Crippen molar-refractivity contribution in [3.63, 3.8) is 0 Å². The third-order valence-electron chi connectivity index (χ3n) is 2.00. The molecular weight excluding hydrogens is 114 g/mol. The highest BCUT2D eigenvalue weighted by molar-refractivity contribution is 5.85. The Morgan fingerprint density at radius 3 is 2.67 bits per heavy atom. The number of likely N-dealkylation sites (tertiary alicyclic amines) is 1. The molecule has 0 N–H and O–H groups in total. The van der Waals surface area contributed by atoms with E-state index in [0.29, 0.717) is 5.78 Å². The number of hydrogen-bond acceptors (Lipinski definition) is 2. The molecule has 1 saturated heterocycles. The fourth-order valence-corrected chi connectivity index (χ4v) is 1.39. The molecule has 0 aromatic rings. The summed E-state index contributed by atoms with van der Waals surface area (Å²) in [5, 5.41) is 0. The molecule has 0 bridgehead atoms. The lowest BCUT2D eigenvalue weighted by molar-refractivity contribution is -0.119. The van der Waals surface area contributed by atoms with E-state index >= 15 is 0 Å². The maximum absolute atomic E-state index is 11.0. The van der Waals surface area contributed by atoms with Crippen LogP contribution in [0.25, 0.3) is 0 Å². The molecule has 1 aliphatic heterocycles. The Labute approximate surface area is 55.8 Å². The smallest absolute Gasteiger partial charge is 0.151 e. The summed E-state index contributed by atoms with van der Waals surface area (Å²) in [6.07, 6.45) is 1.73. The number of nitrogens with zero attached hydrogens (tertiary/aromatic N) is 1. The molecule has 0 aliphatic carbocycles. The quantitative estimate of drug-likeness (QED) is 0.516. The van der Waals surface area contributed by atoms with E-state index in [2.05, 4.69) is 11.8 Å². The van der Waals surface area contributed by atoms with Crippen molar-refractivity contribution in [2.45, 2.75) is 25.8 Å². The van der Waals surface area contributed by atoms with Crippen LogP contribution in [0.4, 0.5) is 0 Å². The Bertz CT molecular complexity index is 122. The number of likely N-dealkylation sites (N-methyl/N-ethyl adjacent to an activating group) is 1. The predicted octanol–water partition coefficient (Wildman–Crippen LogP) is 0.670. The molecule has 2 nitrogen and oxygen atoms in total. The van der Waals surface area contributed by atoms with Gasteiger partial charge in [0.2, 0.25) is 0 Å². The van der Waals surface area contributed by atoms with Crippen molar-refractivity contribution in [3.05, 3.63) is 0 Å². The van der Waals surface area contributed by atoms with Crippen LogP contribution in [0, 0.1) is 0 Å². The van der Waals surface area contributed by atoms with Gasteiger partial charge in [-0.3, -0.25) is 9.69 Å². The SMILES string of the molecule is CCC1C(=O)CCN1C. The fraction of sp³-hybridized carbons (Fsp3) is 0.857. The first-order valence-corrected chi connectivity index (χ1v) is 3.48. The molecule has 1 aliphatic rings. The van der Waals surface area contributed by atoms with Crippen LogP contribution < -0.4 is 0 Å². The topological polar surface area (TPSA) is 20.3 Å². The molecule has 1 fully saturated rings. The molecule has 1 heterocycles. The number of carbonyl (C=O) groups is 1. The summed E-state index contributed by atoms with van der Waals surface area (Å²) in [5.41, 5.74) is 0. The monoisotopic (exact) mass is 127 g/mol. The molecule has 0 radical (unpaired) electrons. The second kappa shape index (κ2) is 2.48. The zero-order chi connectivity index (χ0) is 6.85. The Balaban J connectivity index is 2.55. The van der Waals surface area contributed by atoms with E-state index < -0.39 is 0 Å². The zero-order valence-corrected chi connectivity index (χ0v) is 6.05. The first-order chi connectivity index (χ1) is 4.25. The van der Waals surface area contributed by atoms with Crippen molar-refractivity contribution >= 4 is 5.78 Å². The van der Waals surface area contributed by atoms with E-state index in [4.69, 9.17) is 0 Å². The van der Waals surface area contributed by atoms with Gasteiger partial charge in [0.05, 0.1) is 6.04 Å². The second-order valence-electron chi connectivity index (χ2n) is 2.62. The van der Waals surface area contributed by atoms with Gasteiger partial charge < -0.3 is 0 Å². The van der Waals surface area contributed by atoms with Crippen molar-refractivity contribution in [3.8, 4) is 0 Å². The van der Waals surface area contributed by atoms with Gasteiger partial charge in [-0.25, -0.2) is 0 Å². The van der Waals surface area contributed by atoms with Gasteiger partial charge in [0, 0.05) is 13.0 Å². The molecule has 52 valence electrons. The first-order valence-electron chi connectivity index (χ1n) is 3.48. The van der Waals surface area contributed by atoms with E-state index in [9.17, 15) is 4.79 Å². The minimum Gasteiger partial charge on any atom is -0.298 e. The molecule has 2 heteroatoms. The largest absolute Gasteiger partial charge is 0.298 e. The van der Waals surface area contributed by atoms with Crippen molar-refractivity contribution in [2.24, 2.45) is 0 Å². The number of hydrogen-bond donors (Lipinski definition) is 0. The van der Waals surface area contributed by atoms with Crippen molar-refractivity contribution in [1.29, 1.82) is 0 Å². The molecular formula is C7H13NO. The Morgan fingerprint density at radius 2 is 2.44 bits per heavy atom. The number of Topliss-reactive ketones (excluding diaryl/α,β-unsaturated/α-hetero) is 1. The summed E-state index contributed by atoms with van der Waals surface area (Å²) in [6, 6.07) is 0.227. The van der Waals surface area contributed by atoms with E-state index in [0.717, 1.165) is 19.4 Å². The molecule has 9 heavy (non-hydrogen) atoms. The van der Waals surface area contributed by atoms with Crippen LogP contribution in [-0.4, -0.2) is 30.3 Å². The lowest BCUT2D eigenvalue weighted by Gasteiger charge is -2.14. The summed E-state index contributed by atoms with van der Waals surface area (Å²) in [5.74, 6) is 0.417. The minimum atomic E-state index is 0.227. The first kappa shape index (κ1) is 6.75. The summed E-state index contributed by atoms with van der Waals surface area (Å²) >= 11 is 0. The summed E-state index contributed by atoms with van der Waals surface area (Å²) in [4.78, 5) is 13.1. The van der Waals surface area contributed by atoms with Crippen molar-refractivity contribution in [2.75, 3.05) is 13.6 Å². The lowest BCUT2D eigenvalue weighted by atomic mass is 10.1. The predicted molar refractivity (Wildman–Crippen MR) is 36.3 cm³/mol. The van der Waals surface area contributed by atoms with Gasteiger partial charge in [0.1, 0.15) is 0 Å². The van der Waals surface area contributed by atoms with Crippen LogP contribution in [0.3, 0.4) is 0 Å². The normalized spacial score (nSPS) is 29.6. The highest BCUT2D eigenvalue weighted by Crippen LogP contribution is 2.12. The van der Waals surface area contributed by atoms with Gasteiger partial charge in [-0.15, -0.1) is 0 Å². The van der Waals surface area contributed by atoms with Gasteiger partial charge in [-0.2, -0.15) is 0 Å². The molecule has 0 aromatic heterocycles. The Morgan fingerprint density at radius 1 is 1.78 bits per heavy atom. The van der Waals surface area contributed by atoms with E-state index in [1.807, 2.05) is 7.05 Å². The molecule has 1 unspecified atom stereocenters. The average molecular weight is 127 g/mol. The summed E-state index contributed by atoms with van der Waals surface area (Å²) < 4.78 is 0. The summed E-state index contributed by atoms with van der Waals surface area (Å²) in [7, 11) is 2.01. The number of ketones is 1. The van der Waals surface area contributed by atoms with Gasteiger partial charge >= 0.3 is 0 Å². The molecule has 0 spiro atoms. The molecule has 0 amide bonds. The maximum atomic E-state index is 11.0. The molecule has 1 atom stereocenters. The fourth-order valence-electron chi connectivity index (χ4n) is 1.39. The Hall–Kier alpha value is -0.370. The molecule has 0 aromatic carbocycles. The Kier molecular flexibility index (Phi) is 1.86. The van der Waals surface area contributed by atoms with Crippen LogP contribution in [0.15, 0.2) is 0 Å². The summed E-state index contributed by atoms with van der Waals surface area (Å²) in [6.45, 7) is 3.02. The molecule has 0 saturated carbocycles.